The standard InChI is InChI=1S/C21H38O3Si/c1-14(2)25(15(3)4,16(5)6)24-21(12-10-9-11-18(21)8)20-17(7)13-19(22)23-20/h13-16,18,20H,9-12H2,1-8H3/t18-,20+,21+/m0/s1. The average Bonchev–Trinajstić information content (AvgIpc) is 2.84. The number of carbonyl (C=O) groups is 1. The van der Waals surface area contributed by atoms with E-state index >= 15 is 0 Å². The molecule has 1 saturated carbocycles. The zero-order valence-corrected chi connectivity index (χ0v) is 18.5. The number of ether oxygens (including phenoxy) is 1. The summed E-state index contributed by atoms with van der Waals surface area (Å²) < 4.78 is 13.2. The summed E-state index contributed by atoms with van der Waals surface area (Å²) in [6.07, 6.45) is 6.01. The topological polar surface area (TPSA) is 35.5 Å². The molecular formula is C21H38O3Si. The second-order valence-electron chi connectivity index (χ2n) is 9.23. The minimum Gasteiger partial charge on any atom is -0.452 e. The molecule has 3 atom stereocenters. The van der Waals surface area contributed by atoms with Crippen LogP contribution in [0, 0.1) is 5.92 Å². The molecule has 2 rings (SSSR count). The van der Waals surface area contributed by atoms with Crippen molar-refractivity contribution in [3.63, 3.8) is 0 Å². The van der Waals surface area contributed by atoms with Crippen LogP contribution in [0.5, 0.6) is 0 Å². The number of rotatable bonds is 6. The van der Waals surface area contributed by atoms with E-state index in [1.54, 1.807) is 6.08 Å². The van der Waals surface area contributed by atoms with Crippen LogP contribution in [-0.4, -0.2) is 26.0 Å². The molecule has 4 heteroatoms. The molecule has 0 N–H and O–H groups in total. The molecule has 144 valence electrons. The van der Waals surface area contributed by atoms with Gasteiger partial charge in [-0.05, 0) is 47.9 Å². The van der Waals surface area contributed by atoms with Crippen molar-refractivity contribution >= 4 is 14.3 Å². The summed E-state index contributed by atoms with van der Waals surface area (Å²) in [4.78, 5) is 12.0. The summed E-state index contributed by atoms with van der Waals surface area (Å²) in [7, 11) is -2.07. The monoisotopic (exact) mass is 366 g/mol. The Kier molecular flexibility index (Phi) is 6.25. The highest BCUT2D eigenvalue weighted by molar-refractivity contribution is 6.77. The Balaban J connectivity index is 2.52. The second kappa shape index (κ2) is 7.56. The first kappa shape index (κ1) is 20.7. The third-order valence-corrected chi connectivity index (χ3v) is 12.9. The van der Waals surface area contributed by atoms with Gasteiger partial charge in [0.05, 0.1) is 5.60 Å². The molecule has 1 fully saturated rings. The Morgan fingerprint density at radius 2 is 1.68 bits per heavy atom. The van der Waals surface area contributed by atoms with Crippen molar-refractivity contribution in [2.75, 3.05) is 0 Å². The summed E-state index contributed by atoms with van der Waals surface area (Å²) in [5.41, 5.74) is 2.27. The summed E-state index contributed by atoms with van der Waals surface area (Å²) in [5.74, 6) is 0.206. The van der Waals surface area contributed by atoms with Crippen molar-refractivity contribution in [3.8, 4) is 0 Å². The first-order valence-electron chi connectivity index (χ1n) is 10.2. The molecule has 2 aliphatic rings. The van der Waals surface area contributed by atoms with Gasteiger partial charge in [-0.2, -0.15) is 0 Å². The quantitative estimate of drug-likeness (QED) is 0.427. The molecule has 0 aromatic heterocycles. The Morgan fingerprint density at radius 1 is 1.12 bits per heavy atom. The molecule has 1 aliphatic heterocycles. The average molecular weight is 367 g/mol. The predicted octanol–water partition coefficient (Wildman–Crippen LogP) is 6.00. The van der Waals surface area contributed by atoms with Gasteiger partial charge in [0.25, 0.3) is 0 Å². The maximum absolute atomic E-state index is 12.0. The first-order valence-corrected chi connectivity index (χ1v) is 12.3. The fourth-order valence-electron chi connectivity index (χ4n) is 5.61. The maximum Gasteiger partial charge on any atom is 0.331 e. The zero-order chi connectivity index (χ0) is 19.0. The van der Waals surface area contributed by atoms with Crippen molar-refractivity contribution in [2.24, 2.45) is 5.92 Å². The van der Waals surface area contributed by atoms with Crippen LogP contribution in [-0.2, 0) is 14.0 Å². The van der Waals surface area contributed by atoms with Gasteiger partial charge in [-0.1, -0.05) is 61.3 Å². The van der Waals surface area contributed by atoms with Crippen LogP contribution in [0.2, 0.25) is 16.6 Å². The van der Waals surface area contributed by atoms with E-state index < -0.39 is 8.32 Å². The minimum absolute atomic E-state index is 0.200. The van der Waals surface area contributed by atoms with Gasteiger partial charge < -0.3 is 9.16 Å². The molecule has 0 radical (unpaired) electrons. The number of hydrogen-bond acceptors (Lipinski definition) is 3. The molecule has 1 aliphatic carbocycles. The van der Waals surface area contributed by atoms with Gasteiger partial charge in [0.1, 0.15) is 0 Å². The van der Waals surface area contributed by atoms with Gasteiger partial charge in [-0.15, -0.1) is 0 Å². The number of hydrogen-bond donors (Lipinski definition) is 0. The Bertz CT molecular complexity index is 501. The Hall–Kier alpha value is -0.613. The molecule has 3 nitrogen and oxygen atoms in total. The SMILES string of the molecule is CC1=CC(=O)O[C@H]1[C@@]1(O[Si](C(C)C)(C(C)C)C(C)C)CCCC[C@@H]1C. The number of esters is 1. The number of cyclic esters (lactones) is 1. The summed E-state index contributed by atoms with van der Waals surface area (Å²) >= 11 is 0. The zero-order valence-electron chi connectivity index (χ0n) is 17.5. The fraction of sp³-hybridized carbons (Fsp3) is 0.857. The molecule has 25 heavy (non-hydrogen) atoms. The molecule has 0 unspecified atom stereocenters. The van der Waals surface area contributed by atoms with Crippen molar-refractivity contribution in [2.45, 2.75) is 109 Å². The van der Waals surface area contributed by atoms with Gasteiger partial charge in [-0.25, -0.2) is 4.79 Å². The van der Waals surface area contributed by atoms with E-state index in [4.69, 9.17) is 9.16 Å². The molecular weight excluding hydrogens is 328 g/mol. The number of carbonyl (C=O) groups excluding carboxylic acids is 1. The predicted molar refractivity (Wildman–Crippen MR) is 106 cm³/mol. The van der Waals surface area contributed by atoms with Gasteiger partial charge in [0.15, 0.2) is 6.10 Å². The van der Waals surface area contributed by atoms with Crippen LogP contribution < -0.4 is 0 Å². The lowest BCUT2D eigenvalue weighted by molar-refractivity contribution is -0.158. The minimum atomic E-state index is -2.07. The van der Waals surface area contributed by atoms with E-state index in [0.717, 1.165) is 24.8 Å². The van der Waals surface area contributed by atoms with Crippen LogP contribution in [0.25, 0.3) is 0 Å². The lowest BCUT2D eigenvalue weighted by atomic mass is 9.72. The largest absolute Gasteiger partial charge is 0.452 e. The highest BCUT2D eigenvalue weighted by Gasteiger charge is 2.57. The summed E-state index contributed by atoms with van der Waals surface area (Å²) in [6, 6.07) is 0. The van der Waals surface area contributed by atoms with E-state index in [-0.39, 0.29) is 17.7 Å². The van der Waals surface area contributed by atoms with Crippen molar-refractivity contribution in [3.05, 3.63) is 11.6 Å². The second-order valence-corrected chi connectivity index (χ2v) is 14.6. The van der Waals surface area contributed by atoms with Crippen LogP contribution in [0.1, 0.15) is 81.1 Å². The molecule has 0 bridgehead atoms. The maximum atomic E-state index is 12.0. The molecule has 0 aromatic carbocycles. The molecule has 0 aromatic rings. The molecule has 0 spiro atoms. The van der Waals surface area contributed by atoms with Gasteiger partial charge in [0, 0.05) is 6.08 Å². The van der Waals surface area contributed by atoms with Crippen LogP contribution in [0.4, 0.5) is 0 Å². The van der Waals surface area contributed by atoms with Crippen LogP contribution in [0.3, 0.4) is 0 Å². The molecule has 0 amide bonds. The van der Waals surface area contributed by atoms with E-state index in [2.05, 4.69) is 48.5 Å². The van der Waals surface area contributed by atoms with E-state index in [1.165, 1.54) is 6.42 Å². The van der Waals surface area contributed by atoms with Gasteiger partial charge in [0.2, 0.25) is 8.32 Å². The van der Waals surface area contributed by atoms with Crippen molar-refractivity contribution < 1.29 is 14.0 Å². The lowest BCUT2D eigenvalue weighted by Crippen LogP contribution is -2.62. The van der Waals surface area contributed by atoms with E-state index in [1.807, 2.05) is 6.92 Å². The fourth-order valence-corrected chi connectivity index (χ4v) is 11.4. The normalized spacial score (nSPS) is 31.0. The van der Waals surface area contributed by atoms with Crippen molar-refractivity contribution in [1.82, 2.24) is 0 Å². The summed E-state index contributed by atoms with van der Waals surface area (Å²) in [6.45, 7) is 18.3. The third-order valence-electron chi connectivity index (χ3n) is 6.80. The lowest BCUT2D eigenvalue weighted by Gasteiger charge is -2.55. The van der Waals surface area contributed by atoms with Gasteiger partial charge in [-0.3, -0.25) is 0 Å². The Labute approximate surface area is 155 Å². The highest BCUT2D eigenvalue weighted by Crippen LogP contribution is 2.52. The van der Waals surface area contributed by atoms with Crippen molar-refractivity contribution in [1.29, 1.82) is 0 Å². The summed E-state index contributed by atoms with van der Waals surface area (Å²) in [5, 5.41) is 0. The van der Waals surface area contributed by atoms with Crippen LogP contribution in [0.15, 0.2) is 11.6 Å². The first-order chi connectivity index (χ1) is 11.6. The van der Waals surface area contributed by atoms with E-state index in [9.17, 15) is 4.79 Å². The Morgan fingerprint density at radius 3 is 2.08 bits per heavy atom. The van der Waals surface area contributed by atoms with Crippen LogP contribution >= 0.6 is 0 Å². The smallest absolute Gasteiger partial charge is 0.331 e. The van der Waals surface area contributed by atoms with Gasteiger partial charge >= 0.3 is 5.97 Å². The third kappa shape index (κ3) is 3.49. The highest BCUT2D eigenvalue weighted by atomic mass is 28.4. The van der Waals surface area contributed by atoms with E-state index in [0.29, 0.717) is 22.5 Å². The molecule has 1 heterocycles. The molecule has 0 saturated heterocycles.